The van der Waals surface area contributed by atoms with E-state index in [4.69, 9.17) is 0 Å². The van der Waals surface area contributed by atoms with Gasteiger partial charge in [0.25, 0.3) is 0 Å². The third-order valence-electron chi connectivity index (χ3n) is 4.91. The average Bonchev–Trinajstić information content (AvgIpc) is 2.46. The summed E-state index contributed by atoms with van der Waals surface area (Å²) in [7, 11) is 2.08. The first-order valence-corrected chi connectivity index (χ1v) is 7.84. The Morgan fingerprint density at radius 2 is 1.74 bits per heavy atom. The van der Waals surface area contributed by atoms with Crippen molar-refractivity contribution < 1.29 is 4.79 Å². The standard InChI is InChI=1S/C15H29N3O/c1-12(19)17-11-13-7-9-18(10-8-13)15-5-3-14(16-2)4-6-15/h13-16H,3-11H2,1-2H3,(H,17,19). The average molecular weight is 267 g/mol. The first-order chi connectivity index (χ1) is 9.19. The van der Waals surface area contributed by atoms with Gasteiger partial charge in [0.2, 0.25) is 5.91 Å². The van der Waals surface area contributed by atoms with Crippen LogP contribution in [0.4, 0.5) is 0 Å². The van der Waals surface area contributed by atoms with Gasteiger partial charge in [-0.15, -0.1) is 0 Å². The van der Waals surface area contributed by atoms with Gasteiger partial charge in [-0.25, -0.2) is 0 Å². The van der Waals surface area contributed by atoms with E-state index in [0.29, 0.717) is 5.92 Å². The molecule has 0 unspecified atom stereocenters. The van der Waals surface area contributed by atoms with Crippen LogP contribution in [0.25, 0.3) is 0 Å². The quantitative estimate of drug-likeness (QED) is 0.808. The van der Waals surface area contributed by atoms with Crippen LogP contribution in [0.3, 0.4) is 0 Å². The molecule has 4 nitrogen and oxygen atoms in total. The van der Waals surface area contributed by atoms with E-state index >= 15 is 0 Å². The predicted octanol–water partition coefficient (Wildman–Crippen LogP) is 1.37. The largest absolute Gasteiger partial charge is 0.356 e. The molecule has 110 valence electrons. The molecule has 0 aromatic rings. The van der Waals surface area contributed by atoms with Crippen molar-refractivity contribution in [1.82, 2.24) is 15.5 Å². The molecule has 2 N–H and O–H groups in total. The Morgan fingerprint density at radius 1 is 1.11 bits per heavy atom. The second kappa shape index (κ2) is 7.25. The minimum Gasteiger partial charge on any atom is -0.356 e. The van der Waals surface area contributed by atoms with Gasteiger partial charge in [-0.3, -0.25) is 4.79 Å². The molecule has 0 spiro atoms. The zero-order chi connectivity index (χ0) is 13.7. The lowest BCUT2D eigenvalue weighted by molar-refractivity contribution is -0.119. The molecular formula is C15H29N3O. The van der Waals surface area contributed by atoms with Crippen molar-refractivity contribution in [2.24, 2.45) is 5.92 Å². The monoisotopic (exact) mass is 267 g/mol. The number of piperidine rings is 1. The number of amides is 1. The van der Waals surface area contributed by atoms with E-state index in [2.05, 4.69) is 22.6 Å². The molecule has 4 heteroatoms. The van der Waals surface area contributed by atoms with Crippen LogP contribution >= 0.6 is 0 Å². The Hall–Kier alpha value is -0.610. The normalized spacial score (nSPS) is 30.2. The molecule has 0 aromatic carbocycles. The predicted molar refractivity (Wildman–Crippen MR) is 78.1 cm³/mol. The third kappa shape index (κ3) is 4.46. The highest BCUT2D eigenvalue weighted by Crippen LogP contribution is 2.27. The minimum atomic E-state index is 0.104. The van der Waals surface area contributed by atoms with Crippen LogP contribution in [0.15, 0.2) is 0 Å². The van der Waals surface area contributed by atoms with Crippen molar-refractivity contribution in [1.29, 1.82) is 0 Å². The van der Waals surface area contributed by atoms with Crippen LogP contribution in [0, 0.1) is 5.92 Å². The van der Waals surface area contributed by atoms with Gasteiger partial charge in [-0.2, -0.15) is 0 Å². The number of nitrogens with zero attached hydrogens (tertiary/aromatic N) is 1. The Bertz CT molecular complexity index is 279. The van der Waals surface area contributed by atoms with Crippen molar-refractivity contribution in [3.63, 3.8) is 0 Å². The van der Waals surface area contributed by atoms with Gasteiger partial charge in [0.1, 0.15) is 0 Å². The maximum atomic E-state index is 10.9. The zero-order valence-electron chi connectivity index (χ0n) is 12.5. The van der Waals surface area contributed by atoms with E-state index in [1.807, 2.05) is 0 Å². The van der Waals surface area contributed by atoms with Crippen LogP contribution < -0.4 is 10.6 Å². The molecule has 1 amide bonds. The summed E-state index contributed by atoms with van der Waals surface area (Å²) in [6, 6.07) is 1.56. The van der Waals surface area contributed by atoms with Crippen LogP contribution in [0.2, 0.25) is 0 Å². The van der Waals surface area contributed by atoms with E-state index < -0.39 is 0 Å². The molecule has 1 aliphatic carbocycles. The van der Waals surface area contributed by atoms with Crippen LogP contribution in [0.1, 0.15) is 45.4 Å². The summed E-state index contributed by atoms with van der Waals surface area (Å²) < 4.78 is 0. The number of carbonyl (C=O) groups excluding carboxylic acids is 1. The molecule has 1 saturated carbocycles. The van der Waals surface area contributed by atoms with E-state index in [0.717, 1.165) is 18.6 Å². The summed E-state index contributed by atoms with van der Waals surface area (Å²) >= 11 is 0. The maximum absolute atomic E-state index is 10.9. The molecule has 1 heterocycles. The summed E-state index contributed by atoms with van der Waals surface area (Å²) in [5.41, 5.74) is 0. The fraction of sp³-hybridized carbons (Fsp3) is 0.933. The van der Waals surface area contributed by atoms with Crippen LogP contribution in [-0.2, 0) is 4.79 Å². The number of carbonyl (C=O) groups is 1. The number of hydrogen-bond acceptors (Lipinski definition) is 3. The molecule has 2 rings (SSSR count). The Labute approximate surface area is 117 Å². The fourth-order valence-corrected chi connectivity index (χ4v) is 3.54. The molecule has 2 aliphatic rings. The van der Waals surface area contributed by atoms with Crippen molar-refractivity contribution in [2.75, 3.05) is 26.7 Å². The molecule has 1 saturated heterocycles. The molecule has 0 radical (unpaired) electrons. The summed E-state index contributed by atoms with van der Waals surface area (Å²) in [6.45, 7) is 4.92. The summed E-state index contributed by atoms with van der Waals surface area (Å²) in [5, 5.41) is 6.36. The highest BCUT2D eigenvalue weighted by atomic mass is 16.1. The van der Waals surface area contributed by atoms with Gasteiger partial charge in [-0.1, -0.05) is 0 Å². The van der Waals surface area contributed by atoms with Gasteiger partial charge in [0.05, 0.1) is 0 Å². The second-order valence-electron chi connectivity index (χ2n) is 6.21. The lowest BCUT2D eigenvalue weighted by atomic mass is 9.88. The van der Waals surface area contributed by atoms with Crippen LogP contribution in [0.5, 0.6) is 0 Å². The number of hydrogen-bond donors (Lipinski definition) is 2. The lowest BCUT2D eigenvalue weighted by Crippen LogP contribution is -2.46. The molecular weight excluding hydrogens is 238 g/mol. The summed E-state index contributed by atoms with van der Waals surface area (Å²) in [5.74, 6) is 0.793. The number of rotatable bonds is 4. The first kappa shape index (κ1) is 14.8. The second-order valence-corrected chi connectivity index (χ2v) is 6.21. The number of likely N-dealkylation sites (tertiary alicyclic amines) is 1. The highest BCUT2D eigenvalue weighted by molar-refractivity contribution is 5.72. The van der Waals surface area contributed by atoms with E-state index in [9.17, 15) is 4.79 Å². The van der Waals surface area contributed by atoms with Gasteiger partial charge in [0, 0.05) is 25.6 Å². The fourth-order valence-electron chi connectivity index (χ4n) is 3.54. The summed E-state index contributed by atoms with van der Waals surface area (Å²) in [4.78, 5) is 13.6. The Balaban J connectivity index is 1.67. The van der Waals surface area contributed by atoms with Gasteiger partial charge >= 0.3 is 0 Å². The third-order valence-corrected chi connectivity index (χ3v) is 4.91. The van der Waals surface area contributed by atoms with Crippen molar-refractivity contribution in [2.45, 2.75) is 57.5 Å². The van der Waals surface area contributed by atoms with Gasteiger partial charge < -0.3 is 15.5 Å². The molecule has 19 heavy (non-hydrogen) atoms. The van der Waals surface area contributed by atoms with E-state index in [-0.39, 0.29) is 5.91 Å². The zero-order valence-corrected chi connectivity index (χ0v) is 12.5. The topological polar surface area (TPSA) is 44.4 Å². The Kier molecular flexibility index (Phi) is 5.64. The van der Waals surface area contributed by atoms with E-state index in [1.54, 1.807) is 6.92 Å². The lowest BCUT2D eigenvalue weighted by Gasteiger charge is -2.40. The molecule has 0 aromatic heterocycles. The Morgan fingerprint density at radius 3 is 2.26 bits per heavy atom. The molecule has 0 atom stereocenters. The van der Waals surface area contributed by atoms with Gasteiger partial charge in [-0.05, 0) is 64.6 Å². The number of nitrogens with one attached hydrogen (secondary N) is 2. The van der Waals surface area contributed by atoms with Crippen molar-refractivity contribution in [3.05, 3.63) is 0 Å². The van der Waals surface area contributed by atoms with Crippen LogP contribution in [-0.4, -0.2) is 49.6 Å². The molecule has 1 aliphatic heterocycles. The van der Waals surface area contributed by atoms with Gasteiger partial charge in [0.15, 0.2) is 0 Å². The van der Waals surface area contributed by atoms with Crippen molar-refractivity contribution >= 4 is 5.91 Å². The minimum absolute atomic E-state index is 0.104. The first-order valence-electron chi connectivity index (χ1n) is 7.84. The highest BCUT2D eigenvalue weighted by Gasteiger charge is 2.28. The smallest absolute Gasteiger partial charge is 0.216 e. The van der Waals surface area contributed by atoms with Crippen molar-refractivity contribution in [3.8, 4) is 0 Å². The maximum Gasteiger partial charge on any atom is 0.216 e. The molecule has 2 fully saturated rings. The SMILES string of the molecule is CNC1CCC(N2CCC(CNC(C)=O)CC2)CC1. The van der Waals surface area contributed by atoms with E-state index in [1.165, 1.54) is 51.6 Å². The summed E-state index contributed by atoms with van der Waals surface area (Å²) in [6.07, 6.45) is 7.84. The molecule has 0 bridgehead atoms.